The zero-order valence-corrected chi connectivity index (χ0v) is 15.9. The molecule has 3 rings (SSSR count). The summed E-state index contributed by atoms with van der Waals surface area (Å²) in [6, 6.07) is 6.59. The number of nitrogens with zero attached hydrogens (tertiary/aromatic N) is 2. The summed E-state index contributed by atoms with van der Waals surface area (Å²) in [5.41, 5.74) is 1.54. The van der Waals surface area contributed by atoms with E-state index in [1.807, 2.05) is 11.8 Å². The highest BCUT2D eigenvalue weighted by molar-refractivity contribution is 7.93. The number of hydrogen-bond donors (Lipinski definition) is 1. The zero-order chi connectivity index (χ0) is 18.0. The third-order valence-electron chi connectivity index (χ3n) is 4.19. The number of benzene rings is 1. The van der Waals surface area contributed by atoms with E-state index in [0.29, 0.717) is 10.6 Å². The van der Waals surface area contributed by atoms with Crippen molar-refractivity contribution in [3.8, 4) is 0 Å². The molecular formula is C17H21N3O3S2. The smallest absolute Gasteiger partial charge is 0.265 e. The Balaban J connectivity index is 1.80. The molecule has 2 aromatic rings. The molecule has 0 spiro atoms. The van der Waals surface area contributed by atoms with Crippen LogP contribution in [-0.4, -0.2) is 37.3 Å². The van der Waals surface area contributed by atoms with E-state index < -0.39 is 10.0 Å². The molecule has 1 saturated heterocycles. The number of aromatic nitrogens is 1. The van der Waals surface area contributed by atoms with Crippen LogP contribution in [0.3, 0.4) is 0 Å². The Bertz CT molecular complexity index is 867. The molecule has 0 radical (unpaired) electrons. The van der Waals surface area contributed by atoms with Crippen LogP contribution < -0.4 is 4.72 Å². The molecule has 25 heavy (non-hydrogen) atoms. The van der Waals surface area contributed by atoms with Crippen molar-refractivity contribution >= 4 is 32.4 Å². The van der Waals surface area contributed by atoms with Crippen molar-refractivity contribution in [2.24, 2.45) is 0 Å². The molecule has 8 heteroatoms. The fraction of sp³-hybridized carbons (Fsp3) is 0.412. The monoisotopic (exact) mass is 379 g/mol. The summed E-state index contributed by atoms with van der Waals surface area (Å²) < 4.78 is 27.4. The third kappa shape index (κ3) is 4.01. The highest BCUT2D eigenvalue weighted by Crippen LogP contribution is 2.27. The van der Waals surface area contributed by atoms with Crippen molar-refractivity contribution in [2.45, 2.75) is 38.0 Å². The van der Waals surface area contributed by atoms with Crippen LogP contribution >= 0.6 is 11.3 Å². The predicted octanol–water partition coefficient (Wildman–Crippen LogP) is 3.19. The van der Waals surface area contributed by atoms with Crippen LogP contribution in [0.15, 0.2) is 29.2 Å². The van der Waals surface area contributed by atoms with Crippen LogP contribution in [0.4, 0.5) is 5.13 Å². The molecule has 1 amide bonds. The first-order valence-electron chi connectivity index (χ1n) is 8.23. The molecule has 2 heterocycles. The number of thiazole rings is 1. The Hall–Kier alpha value is -1.93. The summed E-state index contributed by atoms with van der Waals surface area (Å²) in [6.07, 6.45) is 3.17. The van der Waals surface area contributed by atoms with Gasteiger partial charge in [0.05, 0.1) is 10.6 Å². The molecule has 134 valence electrons. The lowest BCUT2D eigenvalue weighted by Gasteiger charge is -2.26. The summed E-state index contributed by atoms with van der Waals surface area (Å²) in [5.74, 6) is -0.0597. The van der Waals surface area contributed by atoms with Crippen LogP contribution in [0.5, 0.6) is 0 Å². The minimum atomic E-state index is -3.71. The number of carbonyl (C=O) groups excluding carboxylic acids is 1. The Morgan fingerprint density at radius 1 is 1.12 bits per heavy atom. The molecule has 0 saturated carbocycles. The summed E-state index contributed by atoms with van der Waals surface area (Å²) in [5, 5.41) is 0.221. The first-order chi connectivity index (χ1) is 11.9. The van der Waals surface area contributed by atoms with Gasteiger partial charge in [0.1, 0.15) is 4.88 Å². The third-order valence-corrected chi connectivity index (χ3v) is 6.73. The van der Waals surface area contributed by atoms with E-state index in [2.05, 4.69) is 9.71 Å². The number of amides is 1. The summed E-state index contributed by atoms with van der Waals surface area (Å²) in [7, 11) is -3.71. The number of piperidine rings is 1. The molecule has 1 aromatic carbocycles. The maximum atomic E-state index is 12.6. The molecule has 0 unspecified atom stereocenters. The fourth-order valence-corrected chi connectivity index (χ4v) is 4.94. The van der Waals surface area contributed by atoms with E-state index in [4.69, 9.17) is 0 Å². The maximum Gasteiger partial charge on any atom is 0.265 e. The van der Waals surface area contributed by atoms with Gasteiger partial charge in [0.2, 0.25) is 0 Å². The van der Waals surface area contributed by atoms with E-state index in [9.17, 15) is 13.2 Å². The molecule has 1 aliphatic rings. The summed E-state index contributed by atoms with van der Waals surface area (Å²) >= 11 is 1.09. The van der Waals surface area contributed by atoms with Gasteiger partial charge in [0.25, 0.3) is 15.9 Å². The van der Waals surface area contributed by atoms with Crippen LogP contribution in [0.1, 0.15) is 40.2 Å². The minimum Gasteiger partial charge on any atom is -0.338 e. The van der Waals surface area contributed by atoms with Gasteiger partial charge in [0.15, 0.2) is 5.13 Å². The van der Waals surface area contributed by atoms with E-state index in [0.717, 1.165) is 49.3 Å². The molecule has 1 N–H and O–H groups in total. The maximum absolute atomic E-state index is 12.6. The van der Waals surface area contributed by atoms with Gasteiger partial charge in [-0.3, -0.25) is 9.52 Å². The summed E-state index contributed by atoms with van der Waals surface area (Å²) in [4.78, 5) is 19.4. The first-order valence-corrected chi connectivity index (χ1v) is 10.5. The lowest BCUT2D eigenvalue weighted by molar-refractivity contribution is 0.0728. The van der Waals surface area contributed by atoms with Gasteiger partial charge in [-0.15, -0.1) is 0 Å². The van der Waals surface area contributed by atoms with Crippen molar-refractivity contribution in [1.82, 2.24) is 9.88 Å². The predicted molar refractivity (Wildman–Crippen MR) is 98.6 cm³/mol. The highest BCUT2D eigenvalue weighted by Gasteiger charge is 2.24. The molecule has 1 fully saturated rings. The van der Waals surface area contributed by atoms with Gasteiger partial charge >= 0.3 is 0 Å². The SMILES string of the molecule is Cc1ccc(S(=O)(=O)Nc2nc(C)c(C(=O)N3CCCCC3)s2)cc1. The Morgan fingerprint density at radius 3 is 2.40 bits per heavy atom. The van der Waals surface area contributed by atoms with Crippen molar-refractivity contribution in [3.63, 3.8) is 0 Å². The Morgan fingerprint density at radius 2 is 1.76 bits per heavy atom. The van der Waals surface area contributed by atoms with Crippen molar-refractivity contribution in [2.75, 3.05) is 17.8 Å². The van der Waals surface area contributed by atoms with Gasteiger partial charge < -0.3 is 4.90 Å². The Labute approximate surface area is 151 Å². The molecule has 1 aliphatic heterocycles. The lowest BCUT2D eigenvalue weighted by atomic mass is 10.1. The van der Waals surface area contributed by atoms with Gasteiger partial charge in [0, 0.05) is 13.1 Å². The molecule has 6 nitrogen and oxygen atoms in total. The van der Waals surface area contributed by atoms with Crippen molar-refractivity contribution < 1.29 is 13.2 Å². The van der Waals surface area contributed by atoms with Crippen LogP contribution in [0.2, 0.25) is 0 Å². The second-order valence-corrected chi connectivity index (χ2v) is 8.89. The topological polar surface area (TPSA) is 79.4 Å². The minimum absolute atomic E-state index is 0.0597. The number of rotatable bonds is 4. The van der Waals surface area contributed by atoms with Crippen LogP contribution in [0, 0.1) is 13.8 Å². The number of sulfonamides is 1. The van der Waals surface area contributed by atoms with E-state index in [-0.39, 0.29) is 15.9 Å². The average molecular weight is 380 g/mol. The normalized spacial score (nSPS) is 15.2. The van der Waals surface area contributed by atoms with Crippen molar-refractivity contribution in [3.05, 3.63) is 40.4 Å². The first kappa shape index (κ1) is 17.9. The number of likely N-dealkylation sites (tertiary alicyclic amines) is 1. The molecule has 0 aliphatic carbocycles. The van der Waals surface area contributed by atoms with Crippen LogP contribution in [-0.2, 0) is 10.0 Å². The highest BCUT2D eigenvalue weighted by atomic mass is 32.2. The second-order valence-electron chi connectivity index (χ2n) is 6.20. The zero-order valence-electron chi connectivity index (χ0n) is 14.3. The van der Waals surface area contributed by atoms with Gasteiger partial charge in [-0.1, -0.05) is 29.0 Å². The average Bonchev–Trinajstić information content (AvgIpc) is 2.95. The van der Waals surface area contributed by atoms with Crippen molar-refractivity contribution in [1.29, 1.82) is 0 Å². The number of aryl methyl sites for hydroxylation is 2. The van der Waals surface area contributed by atoms with Crippen LogP contribution in [0.25, 0.3) is 0 Å². The quantitative estimate of drug-likeness (QED) is 0.885. The van der Waals surface area contributed by atoms with E-state index in [1.165, 1.54) is 0 Å². The van der Waals surface area contributed by atoms with E-state index in [1.54, 1.807) is 31.2 Å². The van der Waals surface area contributed by atoms with Gasteiger partial charge in [-0.2, -0.15) is 0 Å². The standard InChI is InChI=1S/C17H21N3O3S2/c1-12-6-8-14(9-7-12)25(22,23)19-17-18-13(2)15(24-17)16(21)20-10-4-3-5-11-20/h6-9H,3-5,10-11H2,1-2H3,(H,18,19). The molecule has 1 aromatic heterocycles. The second kappa shape index (κ2) is 7.13. The molecule has 0 atom stereocenters. The number of carbonyl (C=O) groups is 1. The van der Waals surface area contributed by atoms with E-state index >= 15 is 0 Å². The lowest BCUT2D eigenvalue weighted by Crippen LogP contribution is -2.35. The Kier molecular flexibility index (Phi) is 5.10. The molecular weight excluding hydrogens is 358 g/mol. The largest absolute Gasteiger partial charge is 0.338 e. The summed E-state index contributed by atoms with van der Waals surface area (Å²) in [6.45, 7) is 5.13. The fourth-order valence-electron chi connectivity index (χ4n) is 2.77. The number of hydrogen-bond acceptors (Lipinski definition) is 5. The molecule has 0 bridgehead atoms. The van der Waals surface area contributed by atoms with Gasteiger partial charge in [-0.05, 0) is 45.2 Å². The number of anilines is 1. The van der Waals surface area contributed by atoms with Gasteiger partial charge in [-0.25, -0.2) is 13.4 Å². The number of nitrogens with one attached hydrogen (secondary N) is 1.